The smallest absolute Gasteiger partial charge is 0.262 e. The predicted octanol–water partition coefficient (Wildman–Crippen LogP) is 2.13. The lowest BCUT2D eigenvalue weighted by Crippen LogP contribution is -2.36. The number of rotatable bonds is 2. The van der Waals surface area contributed by atoms with Gasteiger partial charge in [0.1, 0.15) is 10.7 Å². The minimum absolute atomic E-state index is 0.0314. The molecular weight excluding hydrogens is 324 g/mol. The molecule has 0 bridgehead atoms. The van der Waals surface area contributed by atoms with Gasteiger partial charge in [-0.1, -0.05) is 0 Å². The first-order chi connectivity index (χ1) is 11.6. The summed E-state index contributed by atoms with van der Waals surface area (Å²) in [5, 5.41) is 12.7. The highest BCUT2D eigenvalue weighted by Crippen LogP contribution is 2.30. The van der Waals surface area contributed by atoms with E-state index < -0.39 is 0 Å². The summed E-state index contributed by atoms with van der Waals surface area (Å²) >= 11 is 1.28. The van der Waals surface area contributed by atoms with E-state index in [2.05, 4.69) is 16.4 Å². The van der Waals surface area contributed by atoms with E-state index in [0.717, 1.165) is 37.9 Å². The number of nitriles is 1. The molecule has 4 rings (SSSR count). The molecule has 2 aliphatic rings. The molecule has 124 valence electrons. The van der Waals surface area contributed by atoms with Gasteiger partial charge in [0.2, 0.25) is 0 Å². The summed E-state index contributed by atoms with van der Waals surface area (Å²) in [5.41, 5.74) is 0.676. The highest BCUT2D eigenvalue weighted by atomic mass is 32.1. The third kappa shape index (κ3) is 2.25. The number of aryl methyl sites for hydroxylation is 2. The number of hydrogen-bond donors (Lipinski definition) is 1. The van der Waals surface area contributed by atoms with Crippen LogP contribution in [-0.4, -0.2) is 21.5 Å². The molecule has 1 saturated carbocycles. The van der Waals surface area contributed by atoms with Crippen LogP contribution < -0.4 is 10.9 Å². The monoisotopic (exact) mass is 342 g/mol. The van der Waals surface area contributed by atoms with Gasteiger partial charge in [-0.05, 0) is 38.2 Å². The van der Waals surface area contributed by atoms with Crippen LogP contribution >= 0.6 is 11.3 Å². The molecule has 0 saturated heterocycles. The second-order valence-electron chi connectivity index (χ2n) is 6.57. The molecule has 1 N–H and O–H groups in total. The molecule has 0 spiro atoms. The Balaban J connectivity index is 1.71. The molecule has 24 heavy (non-hydrogen) atoms. The summed E-state index contributed by atoms with van der Waals surface area (Å²) in [6.45, 7) is 2.52. The van der Waals surface area contributed by atoms with Gasteiger partial charge in [-0.15, -0.1) is 11.3 Å². The van der Waals surface area contributed by atoms with Crippen molar-refractivity contribution in [3.63, 3.8) is 0 Å². The maximum atomic E-state index is 12.7. The van der Waals surface area contributed by atoms with Crippen molar-refractivity contribution >= 4 is 27.5 Å². The Hall–Kier alpha value is -2.20. The summed E-state index contributed by atoms with van der Waals surface area (Å²) < 4.78 is 1.73. The van der Waals surface area contributed by atoms with E-state index in [-0.39, 0.29) is 23.4 Å². The second kappa shape index (κ2) is 5.71. The Bertz CT molecular complexity index is 937. The SMILES string of the molecule is Cc1c(C(=O)N[C@H]2CCC[C@@H]2C#N)sc2nc3n(c(=O)c12)CCC3. The van der Waals surface area contributed by atoms with Gasteiger partial charge >= 0.3 is 0 Å². The van der Waals surface area contributed by atoms with Gasteiger partial charge in [-0.2, -0.15) is 5.26 Å². The number of amides is 1. The topological polar surface area (TPSA) is 87.8 Å². The van der Waals surface area contributed by atoms with E-state index >= 15 is 0 Å². The lowest BCUT2D eigenvalue weighted by molar-refractivity contribution is 0.0936. The molecule has 2 atom stereocenters. The first-order valence-electron chi connectivity index (χ1n) is 8.33. The minimum Gasteiger partial charge on any atom is -0.347 e. The van der Waals surface area contributed by atoms with Crippen LogP contribution in [0.25, 0.3) is 10.2 Å². The van der Waals surface area contributed by atoms with Crippen LogP contribution in [0.3, 0.4) is 0 Å². The van der Waals surface area contributed by atoms with Gasteiger partial charge in [0.05, 0.1) is 22.3 Å². The number of hydrogen-bond acceptors (Lipinski definition) is 5. The van der Waals surface area contributed by atoms with E-state index in [0.29, 0.717) is 27.2 Å². The number of nitrogens with one attached hydrogen (secondary N) is 1. The molecule has 0 aromatic carbocycles. The average molecular weight is 342 g/mol. The van der Waals surface area contributed by atoms with Crippen molar-refractivity contribution in [3.8, 4) is 6.07 Å². The van der Waals surface area contributed by atoms with E-state index in [1.54, 1.807) is 4.57 Å². The Morgan fingerprint density at radius 3 is 3.04 bits per heavy atom. The summed E-state index contributed by atoms with van der Waals surface area (Å²) in [7, 11) is 0. The largest absolute Gasteiger partial charge is 0.347 e. The van der Waals surface area contributed by atoms with Crippen molar-refractivity contribution in [3.05, 3.63) is 26.6 Å². The average Bonchev–Trinajstić information content (AvgIpc) is 3.26. The molecule has 0 radical (unpaired) electrons. The fourth-order valence-electron chi connectivity index (χ4n) is 3.81. The number of thiophene rings is 1. The van der Waals surface area contributed by atoms with Crippen LogP contribution in [0, 0.1) is 24.2 Å². The fraction of sp³-hybridized carbons (Fsp3) is 0.529. The summed E-state index contributed by atoms with van der Waals surface area (Å²) in [6.07, 6.45) is 4.40. The van der Waals surface area contributed by atoms with Gasteiger partial charge in [-0.3, -0.25) is 14.2 Å². The molecule has 7 heteroatoms. The fourth-order valence-corrected chi connectivity index (χ4v) is 4.91. The maximum absolute atomic E-state index is 12.7. The number of nitrogens with zero attached hydrogens (tertiary/aromatic N) is 3. The number of fused-ring (bicyclic) bond motifs is 2. The van der Waals surface area contributed by atoms with Crippen LogP contribution in [0.2, 0.25) is 0 Å². The Morgan fingerprint density at radius 2 is 2.25 bits per heavy atom. The van der Waals surface area contributed by atoms with Crippen molar-refractivity contribution in [2.24, 2.45) is 5.92 Å². The first-order valence-corrected chi connectivity index (χ1v) is 9.15. The van der Waals surface area contributed by atoms with Crippen LogP contribution in [0.1, 0.15) is 46.7 Å². The van der Waals surface area contributed by atoms with Crippen LogP contribution in [0.5, 0.6) is 0 Å². The van der Waals surface area contributed by atoms with Crippen LogP contribution in [-0.2, 0) is 13.0 Å². The molecule has 2 aromatic rings. The molecule has 1 aliphatic heterocycles. The van der Waals surface area contributed by atoms with Crippen molar-refractivity contribution in [2.45, 2.75) is 51.6 Å². The normalized spacial score (nSPS) is 22.5. The lowest BCUT2D eigenvalue weighted by atomic mass is 10.1. The maximum Gasteiger partial charge on any atom is 0.262 e. The molecule has 6 nitrogen and oxygen atoms in total. The lowest BCUT2D eigenvalue weighted by Gasteiger charge is -2.15. The number of carbonyl (C=O) groups is 1. The van der Waals surface area contributed by atoms with Gasteiger partial charge in [0, 0.05) is 19.0 Å². The zero-order chi connectivity index (χ0) is 16.8. The zero-order valence-electron chi connectivity index (χ0n) is 13.5. The van der Waals surface area contributed by atoms with Gasteiger partial charge in [0.15, 0.2) is 0 Å². The summed E-state index contributed by atoms with van der Waals surface area (Å²) in [6, 6.07) is 2.18. The van der Waals surface area contributed by atoms with E-state index in [1.807, 2.05) is 6.92 Å². The first kappa shape index (κ1) is 15.3. The predicted molar refractivity (Wildman–Crippen MR) is 91.1 cm³/mol. The zero-order valence-corrected chi connectivity index (χ0v) is 14.3. The van der Waals surface area contributed by atoms with Crippen molar-refractivity contribution in [1.82, 2.24) is 14.9 Å². The minimum atomic E-state index is -0.188. The second-order valence-corrected chi connectivity index (χ2v) is 7.57. The standard InChI is InChI=1S/C17H18N4O2S/c1-9-13-16(20-12-6-3-7-21(12)17(13)23)24-14(9)15(22)19-11-5-2-4-10(11)8-18/h10-11H,2-7H2,1H3,(H,19,22)/t10-,11+/m1/s1. The highest BCUT2D eigenvalue weighted by Gasteiger charge is 2.30. The molecule has 1 aliphatic carbocycles. The van der Waals surface area contributed by atoms with Crippen LogP contribution in [0.15, 0.2) is 4.79 Å². The molecule has 1 fully saturated rings. The highest BCUT2D eigenvalue weighted by molar-refractivity contribution is 7.20. The third-order valence-electron chi connectivity index (χ3n) is 5.12. The summed E-state index contributed by atoms with van der Waals surface area (Å²) in [4.78, 5) is 31.1. The molecular formula is C17H18N4O2S. The van der Waals surface area contributed by atoms with E-state index in [1.165, 1.54) is 11.3 Å². The molecule has 3 heterocycles. The number of carbonyl (C=O) groups excluding carboxylic acids is 1. The van der Waals surface area contributed by atoms with Crippen molar-refractivity contribution in [1.29, 1.82) is 5.26 Å². The van der Waals surface area contributed by atoms with Gasteiger partial charge < -0.3 is 5.32 Å². The van der Waals surface area contributed by atoms with Gasteiger partial charge in [0.25, 0.3) is 11.5 Å². The Morgan fingerprint density at radius 1 is 1.42 bits per heavy atom. The molecule has 1 amide bonds. The van der Waals surface area contributed by atoms with E-state index in [9.17, 15) is 9.59 Å². The number of aromatic nitrogens is 2. The van der Waals surface area contributed by atoms with Crippen molar-refractivity contribution < 1.29 is 4.79 Å². The van der Waals surface area contributed by atoms with Crippen LogP contribution in [0.4, 0.5) is 0 Å². The third-order valence-corrected chi connectivity index (χ3v) is 6.30. The summed E-state index contributed by atoms with van der Waals surface area (Å²) in [5.74, 6) is 0.518. The Kier molecular flexibility index (Phi) is 3.65. The van der Waals surface area contributed by atoms with E-state index in [4.69, 9.17) is 5.26 Å². The molecule has 2 aromatic heterocycles. The Labute approximate surface area is 143 Å². The van der Waals surface area contributed by atoms with Crippen molar-refractivity contribution in [2.75, 3.05) is 0 Å². The molecule has 0 unspecified atom stereocenters. The van der Waals surface area contributed by atoms with Gasteiger partial charge in [-0.25, -0.2) is 4.98 Å². The quantitative estimate of drug-likeness (QED) is 0.905.